The van der Waals surface area contributed by atoms with Crippen LogP contribution in [0, 0.1) is 0 Å². The fourth-order valence-electron chi connectivity index (χ4n) is 2.91. The summed E-state index contributed by atoms with van der Waals surface area (Å²) in [6.45, 7) is 1.18. The third kappa shape index (κ3) is 2.85. The van der Waals surface area contributed by atoms with Crippen LogP contribution in [0.1, 0.15) is 31.2 Å². The summed E-state index contributed by atoms with van der Waals surface area (Å²) in [5.41, 5.74) is 1.23. The maximum Gasteiger partial charge on any atom is 0.231 e. The average Bonchev–Trinajstić information content (AvgIpc) is 2.93. The molecular weight excluding hydrogens is 242 g/mol. The number of benzene rings is 1. The molecule has 1 saturated carbocycles. The van der Waals surface area contributed by atoms with Crippen LogP contribution < -0.4 is 14.8 Å². The van der Waals surface area contributed by atoms with Gasteiger partial charge in [-0.1, -0.05) is 18.9 Å². The Balaban J connectivity index is 1.59. The standard InChI is InChI=1S/C15H21NO3/c1-17-13-5-3-2-4-12(13)16-9-11-6-7-14-15(8-11)19-10-18-14/h6-8,12-13,16H,2-5,9-10H2,1H3/t12-,13+/m1/s1. The van der Waals surface area contributed by atoms with Crippen molar-refractivity contribution in [1.82, 2.24) is 5.32 Å². The molecule has 2 aliphatic rings. The van der Waals surface area contributed by atoms with Gasteiger partial charge in [0, 0.05) is 19.7 Å². The predicted molar refractivity (Wildman–Crippen MR) is 72.5 cm³/mol. The van der Waals surface area contributed by atoms with Gasteiger partial charge in [0.2, 0.25) is 6.79 Å². The second kappa shape index (κ2) is 5.80. The van der Waals surface area contributed by atoms with Crippen LogP contribution in [0.2, 0.25) is 0 Å². The first-order valence-electron chi connectivity index (χ1n) is 7.01. The quantitative estimate of drug-likeness (QED) is 0.906. The summed E-state index contributed by atoms with van der Waals surface area (Å²) in [6, 6.07) is 6.59. The van der Waals surface area contributed by atoms with Crippen molar-refractivity contribution in [2.75, 3.05) is 13.9 Å². The zero-order valence-electron chi connectivity index (χ0n) is 11.4. The molecule has 19 heavy (non-hydrogen) atoms. The number of methoxy groups -OCH3 is 1. The van der Waals surface area contributed by atoms with Gasteiger partial charge in [0.15, 0.2) is 11.5 Å². The summed E-state index contributed by atoms with van der Waals surface area (Å²) >= 11 is 0. The van der Waals surface area contributed by atoms with Crippen LogP contribution >= 0.6 is 0 Å². The van der Waals surface area contributed by atoms with Crippen molar-refractivity contribution in [2.45, 2.75) is 44.4 Å². The first-order valence-corrected chi connectivity index (χ1v) is 7.01. The van der Waals surface area contributed by atoms with Crippen LogP contribution in [-0.2, 0) is 11.3 Å². The molecule has 0 amide bonds. The Morgan fingerprint density at radius 3 is 2.95 bits per heavy atom. The number of hydrogen-bond donors (Lipinski definition) is 1. The van der Waals surface area contributed by atoms with Gasteiger partial charge in [-0.25, -0.2) is 0 Å². The molecule has 0 saturated heterocycles. The van der Waals surface area contributed by atoms with Gasteiger partial charge in [0.25, 0.3) is 0 Å². The highest BCUT2D eigenvalue weighted by Crippen LogP contribution is 2.32. The molecule has 3 rings (SSSR count). The summed E-state index contributed by atoms with van der Waals surface area (Å²) in [4.78, 5) is 0. The van der Waals surface area contributed by atoms with Crippen molar-refractivity contribution in [3.63, 3.8) is 0 Å². The van der Waals surface area contributed by atoms with E-state index in [0.717, 1.165) is 24.5 Å². The third-order valence-corrected chi connectivity index (χ3v) is 4.01. The van der Waals surface area contributed by atoms with E-state index in [-0.39, 0.29) is 0 Å². The van der Waals surface area contributed by atoms with Crippen LogP contribution in [0.5, 0.6) is 11.5 Å². The Bertz CT molecular complexity index is 435. The monoisotopic (exact) mass is 263 g/mol. The molecule has 1 aromatic carbocycles. The van der Waals surface area contributed by atoms with Crippen molar-refractivity contribution in [3.8, 4) is 11.5 Å². The fourth-order valence-corrected chi connectivity index (χ4v) is 2.91. The highest BCUT2D eigenvalue weighted by atomic mass is 16.7. The molecular formula is C15H21NO3. The van der Waals surface area contributed by atoms with E-state index in [9.17, 15) is 0 Å². The van der Waals surface area contributed by atoms with E-state index in [0.29, 0.717) is 18.9 Å². The Labute approximate surface area is 114 Å². The van der Waals surface area contributed by atoms with Crippen molar-refractivity contribution in [3.05, 3.63) is 23.8 Å². The van der Waals surface area contributed by atoms with E-state index in [2.05, 4.69) is 17.4 Å². The second-order valence-electron chi connectivity index (χ2n) is 5.23. The van der Waals surface area contributed by atoms with Gasteiger partial charge >= 0.3 is 0 Å². The van der Waals surface area contributed by atoms with Crippen molar-refractivity contribution >= 4 is 0 Å². The molecule has 1 fully saturated rings. The summed E-state index contributed by atoms with van der Waals surface area (Å²) in [5, 5.41) is 3.61. The van der Waals surface area contributed by atoms with Gasteiger partial charge in [-0.3, -0.25) is 0 Å². The zero-order chi connectivity index (χ0) is 13.1. The maximum absolute atomic E-state index is 5.56. The Morgan fingerprint density at radius 1 is 1.21 bits per heavy atom. The normalized spacial score (nSPS) is 25.5. The smallest absolute Gasteiger partial charge is 0.231 e. The summed E-state index contributed by atoms with van der Waals surface area (Å²) in [5.74, 6) is 1.70. The minimum absolute atomic E-state index is 0.334. The molecule has 0 aromatic heterocycles. The maximum atomic E-state index is 5.56. The molecule has 0 radical (unpaired) electrons. The number of rotatable bonds is 4. The molecule has 104 valence electrons. The van der Waals surface area contributed by atoms with Gasteiger partial charge in [-0.2, -0.15) is 0 Å². The minimum atomic E-state index is 0.334. The molecule has 1 aliphatic heterocycles. The number of fused-ring (bicyclic) bond motifs is 1. The molecule has 4 heteroatoms. The lowest BCUT2D eigenvalue weighted by molar-refractivity contribution is 0.0413. The fraction of sp³-hybridized carbons (Fsp3) is 0.600. The number of ether oxygens (including phenoxy) is 3. The molecule has 0 unspecified atom stereocenters. The Morgan fingerprint density at radius 2 is 2.05 bits per heavy atom. The molecule has 1 heterocycles. The average molecular weight is 263 g/mol. The summed E-state index contributed by atoms with van der Waals surface area (Å²) < 4.78 is 16.3. The number of nitrogens with one attached hydrogen (secondary N) is 1. The first-order chi connectivity index (χ1) is 9.36. The van der Waals surface area contributed by atoms with Crippen LogP contribution in [0.15, 0.2) is 18.2 Å². The van der Waals surface area contributed by atoms with E-state index >= 15 is 0 Å². The van der Waals surface area contributed by atoms with E-state index in [1.807, 2.05) is 13.2 Å². The summed E-state index contributed by atoms with van der Waals surface area (Å²) in [6.07, 6.45) is 5.28. The predicted octanol–water partition coefficient (Wildman–Crippen LogP) is 2.46. The van der Waals surface area contributed by atoms with Crippen LogP contribution in [0.25, 0.3) is 0 Å². The molecule has 2 atom stereocenters. The van der Waals surface area contributed by atoms with Crippen molar-refractivity contribution in [1.29, 1.82) is 0 Å². The van der Waals surface area contributed by atoms with E-state index in [1.165, 1.54) is 24.8 Å². The lowest BCUT2D eigenvalue weighted by Crippen LogP contribution is -2.42. The highest BCUT2D eigenvalue weighted by Gasteiger charge is 2.24. The van der Waals surface area contributed by atoms with Gasteiger partial charge < -0.3 is 19.5 Å². The van der Waals surface area contributed by atoms with Crippen molar-refractivity contribution in [2.24, 2.45) is 0 Å². The highest BCUT2D eigenvalue weighted by molar-refractivity contribution is 5.44. The largest absolute Gasteiger partial charge is 0.454 e. The second-order valence-corrected chi connectivity index (χ2v) is 5.23. The van der Waals surface area contributed by atoms with Crippen LogP contribution in [-0.4, -0.2) is 26.0 Å². The zero-order valence-corrected chi connectivity index (χ0v) is 11.4. The molecule has 4 nitrogen and oxygen atoms in total. The lowest BCUT2D eigenvalue weighted by atomic mass is 9.92. The van der Waals surface area contributed by atoms with Crippen LogP contribution in [0.4, 0.5) is 0 Å². The van der Waals surface area contributed by atoms with Gasteiger partial charge in [-0.15, -0.1) is 0 Å². The summed E-state index contributed by atoms with van der Waals surface area (Å²) in [7, 11) is 1.81. The topological polar surface area (TPSA) is 39.7 Å². The van der Waals surface area contributed by atoms with E-state index < -0.39 is 0 Å². The SMILES string of the molecule is CO[C@H]1CCCC[C@H]1NCc1ccc2c(c1)OCO2. The van der Waals surface area contributed by atoms with Crippen LogP contribution in [0.3, 0.4) is 0 Å². The molecule has 0 bridgehead atoms. The van der Waals surface area contributed by atoms with E-state index in [1.54, 1.807) is 0 Å². The minimum Gasteiger partial charge on any atom is -0.454 e. The number of hydrogen-bond acceptors (Lipinski definition) is 4. The first kappa shape index (κ1) is 12.8. The van der Waals surface area contributed by atoms with Crippen molar-refractivity contribution < 1.29 is 14.2 Å². The van der Waals surface area contributed by atoms with Gasteiger partial charge in [0.1, 0.15) is 0 Å². The lowest BCUT2D eigenvalue weighted by Gasteiger charge is -2.31. The van der Waals surface area contributed by atoms with Gasteiger partial charge in [0.05, 0.1) is 6.10 Å². The van der Waals surface area contributed by atoms with E-state index in [4.69, 9.17) is 14.2 Å². The molecule has 1 aromatic rings. The van der Waals surface area contributed by atoms with Gasteiger partial charge in [-0.05, 0) is 30.5 Å². The Kier molecular flexibility index (Phi) is 3.89. The molecule has 0 spiro atoms. The Hall–Kier alpha value is -1.26. The third-order valence-electron chi connectivity index (χ3n) is 4.01. The molecule has 1 aliphatic carbocycles. The molecule has 1 N–H and O–H groups in total.